The van der Waals surface area contributed by atoms with Crippen LogP contribution in [0.5, 0.6) is 17.2 Å². The summed E-state index contributed by atoms with van der Waals surface area (Å²) in [4.78, 5) is 0. The van der Waals surface area contributed by atoms with E-state index in [1.807, 2.05) is 19.2 Å². The molecule has 0 saturated heterocycles. The average molecular weight is 267 g/mol. The van der Waals surface area contributed by atoms with Gasteiger partial charge >= 0.3 is 0 Å². The van der Waals surface area contributed by atoms with Gasteiger partial charge in [-0.05, 0) is 19.4 Å². The molecule has 4 heteroatoms. The summed E-state index contributed by atoms with van der Waals surface area (Å²) >= 11 is 0. The quantitative estimate of drug-likeness (QED) is 0.824. The van der Waals surface area contributed by atoms with Crippen molar-refractivity contribution in [3.05, 3.63) is 17.7 Å². The van der Waals surface area contributed by atoms with Crippen LogP contribution in [0.1, 0.15) is 31.9 Å². The molecular formula is C15H25NO3. The van der Waals surface area contributed by atoms with Crippen LogP contribution < -0.4 is 19.5 Å². The van der Waals surface area contributed by atoms with Crippen molar-refractivity contribution >= 4 is 0 Å². The molecule has 108 valence electrons. The SMILES string of the molecule is CNC(CC(C)C)c1c(OC)cc(OC)cc1OC. The zero-order valence-corrected chi connectivity index (χ0v) is 12.7. The molecular weight excluding hydrogens is 242 g/mol. The lowest BCUT2D eigenvalue weighted by Gasteiger charge is -2.24. The lowest BCUT2D eigenvalue weighted by Crippen LogP contribution is -2.20. The first-order valence-electron chi connectivity index (χ1n) is 6.54. The fourth-order valence-electron chi connectivity index (χ4n) is 2.23. The smallest absolute Gasteiger partial charge is 0.131 e. The molecule has 4 nitrogen and oxygen atoms in total. The fourth-order valence-corrected chi connectivity index (χ4v) is 2.23. The van der Waals surface area contributed by atoms with Gasteiger partial charge in [-0.2, -0.15) is 0 Å². The molecule has 0 radical (unpaired) electrons. The van der Waals surface area contributed by atoms with Crippen LogP contribution in [0.25, 0.3) is 0 Å². The van der Waals surface area contributed by atoms with Gasteiger partial charge in [0.1, 0.15) is 17.2 Å². The number of ether oxygens (including phenoxy) is 3. The first kappa shape index (κ1) is 15.6. The summed E-state index contributed by atoms with van der Waals surface area (Å²) in [5.74, 6) is 2.89. The van der Waals surface area contributed by atoms with Crippen LogP contribution in [0.15, 0.2) is 12.1 Å². The summed E-state index contributed by atoms with van der Waals surface area (Å²) in [5, 5.41) is 3.34. The highest BCUT2D eigenvalue weighted by Crippen LogP contribution is 2.40. The van der Waals surface area contributed by atoms with Crippen LogP contribution >= 0.6 is 0 Å². The topological polar surface area (TPSA) is 39.7 Å². The van der Waals surface area contributed by atoms with Crippen molar-refractivity contribution in [1.82, 2.24) is 5.32 Å². The van der Waals surface area contributed by atoms with Crippen molar-refractivity contribution in [1.29, 1.82) is 0 Å². The predicted molar refractivity (Wildman–Crippen MR) is 77.4 cm³/mol. The van der Waals surface area contributed by atoms with E-state index >= 15 is 0 Å². The lowest BCUT2D eigenvalue weighted by atomic mass is 9.95. The number of hydrogen-bond donors (Lipinski definition) is 1. The van der Waals surface area contributed by atoms with Gasteiger partial charge in [0.05, 0.1) is 26.9 Å². The van der Waals surface area contributed by atoms with Gasteiger partial charge in [-0.25, -0.2) is 0 Å². The van der Waals surface area contributed by atoms with Gasteiger partial charge in [-0.3, -0.25) is 0 Å². The Hall–Kier alpha value is -1.42. The summed E-state index contributed by atoms with van der Waals surface area (Å²) < 4.78 is 16.3. The zero-order chi connectivity index (χ0) is 14.4. The molecule has 0 aromatic heterocycles. The molecule has 19 heavy (non-hydrogen) atoms. The summed E-state index contributed by atoms with van der Waals surface area (Å²) in [6.45, 7) is 4.40. The van der Waals surface area contributed by atoms with E-state index in [0.29, 0.717) is 5.92 Å². The van der Waals surface area contributed by atoms with Crippen molar-refractivity contribution in [2.45, 2.75) is 26.3 Å². The Kier molecular flexibility index (Phi) is 5.96. The number of rotatable bonds is 7. The van der Waals surface area contributed by atoms with E-state index in [4.69, 9.17) is 14.2 Å². The van der Waals surface area contributed by atoms with Gasteiger partial charge in [-0.1, -0.05) is 13.8 Å². The number of benzene rings is 1. The van der Waals surface area contributed by atoms with Crippen molar-refractivity contribution in [3.63, 3.8) is 0 Å². The van der Waals surface area contributed by atoms with E-state index in [1.54, 1.807) is 21.3 Å². The predicted octanol–water partition coefficient (Wildman–Crippen LogP) is 3.02. The summed E-state index contributed by atoms with van der Waals surface area (Å²) in [6.07, 6.45) is 1.01. The highest BCUT2D eigenvalue weighted by Gasteiger charge is 2.22. The summed E-state index contributed by atoms with van der Waals surface area (Å²) in [5.41, 5.74) is 1.04. The first-order chi connectivity index (χ1) is 9.07. The molecule has 0 heterocycles. The molecule has 0 fully saturated rings. The van der Waals surface area contributed by atoms with Crippen molar-refractivity contribution in [3.8, 4) is 17.2 Å². The second-order valence-corrected chi connectivity index (χ2v) is 4.92. The Morgan fingerprint density at radius 1 is 1.00 bits per heavy atom. The van der Waals surface area contributed by atoms with E-state index in [1.165, 1.54) is 0 Å². The van der Waals surface area contributed by atoms with Crippen LogP contribution in [0.2, 0.25) is 0 Å². The maximum atomic E-state index is 5.49. The maximum Gasteiger partial charge on any atom is 0.131 e. The van der Waals surface area contributed by atoms with E-state index in [0.717, 1.165) is 29.2 Å². The maximum absolute atomic E-state index is 5.49. The van der Waals surface area contributed by atoms with Gasteiger partial charge in [0, 0.05) is 18.2 Å². The molecule has 1 N–H and O–H groups in total. The van der Waals surface area contributed by atoms with Crippen LogP contribution in [-0.4, -0.2) is 28.4 Å². The Labute approximate surface area is 116 Å². The van der Waals surface area contributed by atoms with Gasteiger partial charge in [-0.15, -0.1) is 0 Å². The normalized spacial score (nSPS) is 12.4. The zero-order valence-electron chi connectivity index (χ0n) is 12.7. The molecule has 1 aromatic carbocycles. The van der Waals surface area contributed by atoms with Gasteiger partial charge in [0.15, 0.2) is 0 Å². The van der Waals surface area contributed by atoms with Gasteiger partial charge < -0.3 is 19.5 Å². The first-order valence-corrected chi connectivity index (χ1v) is 6.54. The highest BCUT2D eigenvalue weighted by molar-refractivity contribution is 5.52. The molecule has 0 amide bonds. The number of methoxy groups -OCH3 is 3. The third-order valence-electron chi connectivity index (χ3n) is 3.16. The fraction of sp³-hybridized carbons (Fsp3) is 0.600. The third-order valence-corrected chi connectivity index (χ3v) is 3.16. The second kappa shape index (κ2) is 7.24. The van der Waals surface area contributed by atoms with Gasteiger partial charge in [0.25, 0.3) is 0 Å². The Bertz CT molecular complexity index is 379. The molecule has 1 atom stereocenters. The molecule has 0 bridgehead atoms. The lowest BCUT2D eigenvalue weighted by molar-refractivity contribution is 0.350. The summed E-state index contributed by atoms with van der Waals surface area (Å²) in [6, 6.07) is 3.97. The largest absolute Gasteiger partial charge is 0.496 e. The third kappa shape index (κ3) is 3.77. The van der Waals surface area contributed by atoms with Crippen LogP contribution in [0.4, 0.5) is 0 Å². The Morgan fingerprint density at radius 3 is 1.84 bits per heavy atom. The second-order valence-electron chi connectivity index (χ2n) is 4.92. The highest BCUT2D eigenvalue weighted by atomic mass is 16.5. The number of nitrogens with one attached hydrogen (secondary N) is 1. The molecule has 0 aliphatic rings. The van der Waals surface area contributed by atoms with E-state index in [-0.39, 0.29) is 6.04 Å². The minimum Gasteiger partial charge on any atom is -0.496 e. The van der Waals surface area contributed by atoms with E-state index in [9.17, 15) is 0 Å². The standard InChI is InChI=1S/C15H25NO3/c1-10(2)7-12(16-3)15-13(18-5)8-11(17-4)9-14(15)19-6/h8-10,12,16H,7H2,1-6H3. The summed E-state index contributed by atoms with van der Waals surface area (Å²) in [7, 11) is 6.92. The number of hydrogen-bond acceptors (Lipinski definition) is 4. The minimum absolute atomic E-state index is 0.191. The molecule has 0 saturated carbocycles. The van der Waals surface area contributed by atoms with E-state index < -0.39 is 0 Å². The molecule has 1 aromatic rings. The monoisotopic (exact) mass is 267 g/mol. The molecule has 0 spiro atoms. The van der Waals surface area contributed by atoms with Gasteiger partial charge in [0.2, 0.25) is 0 Å². The van der Waals surface area contributed by atoms with E-state index in [2.05, 4.69) is 19.2 Å². The van der Waals surface area contributed by atoms with Crippen molar-refractivity contribution in [2.75, 3.05) is 28.4 Å². The van der Waals surface area contributed by atoms with Crippen LogP contribution in [0, 0.1) is 5.92 Å². The van der Waals surface area contributed by atoms with Crippen LogP contribution in [-0.2, 0) is 0 Å². The Balaban J connectivity index is 3.28. The van der Waals surface area contributed by atoms with Crippen LogP contribution in [0.3, 0.4) is 0 Å². The molecule has 0 aliphatic carbocycles. The van der Waals surface area contributed by atoms with Crippen molar-refractivity contribution in [2.24, 2.45) is 5.92 Å². The minimum atomic E-state index is 0.191. The average Bonchev–Trinajstić information content (AvgIpc) is 2.42. The molecule has 1 rings (SSSR count). The molecule has 0 aliphatic heterocycles. The molecule has 1 unspecified atom stereocenters. The Morgan fingerprint density at radius 2 is 1.53 bits per heavy atom. The van der Waals surface area contributed by atoms with Crippen molar-refractivity contribution < 1.29 is 14.2 Å².